The molecule has 0 saturated carbocycles. The zero-order chi connectivity index (χ0) is 12.4. The van der Waals surface area contributed by atoms with Crippen LogP contribution in [0.15, 0.2) is 24.3 Å². The number of hydrogen-bond acceptors (Lipinski definition) is 3. The summed E-state index contributed by atoms with van der Waals surface area (Å²) in [5.41, 5.74) is 0.849. The van der Waals surface area contributed by atoms with Gasteiger partial charge in [-0.1, -0.05) is 18.2 Å². The van der Waals surface area contributed by atoms with Crippen molar-refractivity contribution in [1.29, 1.82) is 0 Å². The standard InChI is InChI=1S/C13H17NO3/c1-9(2)14-11(8-17-13(14)16)7-10-5-3-4-6-12(10)15/h3-6,9,11,15H,7-8H2,1-2H3. The highest BCUT2D eigenvalue weighted by Gasteiger charge is 2.34. The third-order valence-corrected chi connectivity index (χ3v) is 3.01. The number of rotatable bonds is 3. The predicted octanol–water partition coefficient (Wildman–Crippen LogP) is 2.16. The predicted molar refractivity (Wildman–Crippen MR) is 63.9 cm³/mol. The fraction of sp³-hybridized carbons (Fsp3) is 0.462. The number of ether oxygens (including phenoxy) is 1. The normalized spacial score (nSPS) is 19.8. The number of aromatic hydroxyl groups is 1. The summed E-state index contributed by atoms with van der Waals surface area (Å²) >= 11 is 0. The lowest BCUT2D eigenvalue weighted by molar-refractivity contribution is 0.149. The van der Waals surface area contributed by atoms with Gasteiger partial charge in [-0.15, -0.1) is 0 Å². The molecule has 1 fully saturated rings. The Hall–Kier alpha value is -1.71. The van der Waals surface area contributed by atoms with Crippen LogP contribution < -0.4 is 0 Å². The Morgan fingerprint density at radius 1 is 1.47 bits per heavy atom. The van der Waals surface area contributed by atoms with Crippen LogP contribution in [0.5, 0.6) is 5.75 Å². The number of amides is 1. The van der Waals surface area contributed by atoms with E-state index in [1.807, 2.05) is 26.0 Å². The van der Waals surface area contributed by atoms with Crippen LogP contribution in [-0.2, 0) is 11.2 Å². The first-order chi connectivity index (χ1) is 8.09. The lowest BCUT2D eigenvalue weighted by Crippen LogP contribution is -2.40. The molecule has 1 aromatic carbocycles. The van der Waals surface area contributed by atoms with Crippen molar-refractivity contribution in [2.24, 2.45) is 0 Å². The topological polar surface area (TPSA) is 49.8 Å². The van der Waals surface area contributed by atoms with E-state index in [1.165, 1.54) is 0 Å². The minimum Gasteiger partial charge on any atom is -0.508 e. The maximum atomic E-state index is 11.5. The Kier molecular flexibility index (Phi) is 3.22. The van der Waals surface area contributed by atoms with Crippen molar-refractivity contribution in [2.75, 3.05) is 6.61 Å². The largest absolute Gasteiger partial charge is 0.508 e. The highest BCUT2D eigenvalue weighted by atomic mass is 16.6. The molecular formula is C13H17NO3. The van der Waals surface area contributed by atoms with Crippen LogP contribution in [0.1, 0.15) is 19.4 Å². The molecule has 4 nitrogen and oxygen atoms in total. The summed E-state index contributed by atoms with van der Waals surface area (Å²) in [6, 6.07) is 7.32. The van der Waals surface area contributed by atoms with E-state index in [0.717, 1.165) is 5.56 Å². The van der Waals surface area contributed by atoms with Crippen LogP contribution in [0.25, 0.3) is 0 Å². The molecule has 2 rings (SSSR count). The van der Waals surface area contributed by atoms with Gasteiger partial charge < -0.3 is 9.84 Å². The zero-order valence-corrected chi connectivity index (χ0v) is 10.1. The lowest BCUT2D eigenvalue weighted by atomic mass is 10.0. The van der Waals surface area contributed by atoms with Gasteiger partial charge in [0.15, 0.2) is 0 Å². The molecule has 0 aliphatic carbocycles. The van der Waals surface area contributed by atoms with Crippen molar-refractivity contribution in [2.45, 2.75) is 32.4 Å². The van der Waals surface area contributed by atoms with Crippen molar-refractivity contribution in [3.05, 3.63) is 29.8 Å². The van der Waals surface area contributed by atoms with Crippen LogP contribution in [0.2, 0.25) is 0 Å². The molecule has 0 spiro atoms. The second-order valence-electron chi connectivity index (χ2n) is 4.56. The summed E-state index contributed by atoms with van der Waals surface area (Å²) in [7, 11) is 0. The van der Waals surface area contributed by atoms with Gasteiger partial charge in [0, 0.05) is 6.04 Å². The quantitative estimate of drug-likeness (QED) is 0.873. The van der Waals surface area contributed by atoms with Gasteiger partial charge in [-0.05, 0) is 31.9 Å². The van der Waals surface area contributed by atoms with Gasteiger partial charge in [0.05, 0.1) is 6.04 Å². The van der Waals surface area contributed by atoms with Gasteiger partial charge in [0.2, 0.25) is 0 Å². The Morgan fingerprint density at radius 3 is 2.82 bits per heavy atom. The maximum absolute atomic E-state index is 11.5. The highest BCUT2D eigenvalue weighted by molar-refractivity contribution is 5.70. The first kappa shape index (κ1) is 11.8. The molecular weight excluding hydrogens is 218 g/mol. The number of cyclic esters (lactones) is 1. The molecule has 4 heteroatoms. The van der Waals surface area contributed by atoms with E-state index in [2.05, 4.69) is 0 Å². The molecule has 0 radical (unpaired) electrons. The van der Waals surface area contributed by atoms with E-state index in [0.29, 0.717) is 13.0 Å². The summed E-state index contributed by atoms with van der Waals surface area (Å²) in [6.07, 6.45) is 0.358. The summed E-state index contributed by atoms with van der Waals surface area (Å²) in [5.74, 6) is 0.274. The lowest BCUT2D eigenvalue weighted by Gasteiger charge is -2.25. The number of benzene rings is 1. The van der Waals surface area contributed by atoms with Gasteiger partial charge in [0.25, 0.3) is 0 Å². The highest BCUT2D eigenvalue weighted by Crippen LogP contribution is 2.24. The summed E-state index contributed by atoms with van der Waals surface area (Å²) in [4.78, 5) is 13.3. The monoisotopic (exact) mass is 235 g/mol. The summed E-state index contributed by atoms with van der Waals surface area (Å²) < 4.78 is 5.06. The fourth-order valence-corrected chi connectivity index (χ4v) is 2.20. The molecule has 1 saturated heterocycles. The van der Waals surface area contributed by atoms with Crippen LogP contribution in [0.4, 0.5) is 4.79 Å². The SMILES string of the molecule is CC(C)N1C(=O)OCC1Cc1ccccc1O. The van der Waals surface area contributed by atoms with Crippen molar-refractivity contribution in [3.63, 3.8) is 0 Å². The van der Waals surface area contributed by atoms with E-state index < -0.39 is 0 Å². The first-order valence-corrected chi connectivity index (χ1v) is 5.81. The van der Waals surface area contributed by atoms with E-state index in [9.17, 15) is 9.90 Å². The Labute approximate surface area is 101 Å². The molecule has 92 valence electrons. The third kappa shape index (κ3) is 2.35. The Balaban J connectivity index is 2.14. The van der Waals surface area contributed by atoms with Gasteiger partial charge in [-0.25, -0.2) is 4.79 Å². The van der Waals surface area contributed by atoms with Gasteiger partial charge >= 0.3 is 6.09 Å². The van der Waals surface area contributed by atoms with Crippen molar-refractivity contribution >= 4 is 6.09 Å². The second kappa shape index (κ2) is 4.65. The second-order valence-corrected chi connectivity index (χ2v) is 4.56. The molecule has 1 aromatic rings. The molecule has 17 heavy (non-hydrogen) atoms. The molecule has 0 bridgehead atoms. The molecule has 1 heterocycles. The van der Waals surface area contributed by atoms with Crippen LogP contribution in [0, 0.1) is 0 Å². The molecule has 1 atom stereocenters. The number of carbonyl (C=O) groups is 1. The van der Waals surface area contributed by atoms with Crippen LogP contribution >= 0.6 is 0 Å². The first-order valence-electron chi connectivity index (χ1n) is 5.81. The average molecular weight is 235 g/mol. The molecule has 1 unspecified atom stereocenters. The number of phenolic OH excluding ortho intramolecular Hbond substituents is 1. The number of nitrogens with zero attached hydrogens (tertiary/aromatic N) is 1. The van der Waals surface area contributed by atoms with Crippen LogP contribution in [-0.4, -0.2) is 34.8 Å². The van der Waals surface area contributed by atoms with Crippen molar-refractivity contribution in [1.82, 2.24) is 4.90 Å². The number of hydrogen-bond donors (Lipinski definition) is 1. The number of para-hydroxylation sites is 1. The van der Waals surface area contributed by atoms with Crippen LogP contribution in [0.3, 0.4) is 0 Å². The van der Waals surface area contributed by atoms with E-state index >= 15 is 0 Å². The average Bonchev–Trinajstić information content (AvgIpc) is 2.63. The summed E-state index contributed by atoms with van der Waals surface area (Å²) in [6.45, 7) is 4.32. The molecule has 1 aliphatic heterocycles. The fourth-order valence-electron chi connectivity index (χ4n) is 2.20. The Morgan fingerprint density at radius 2 is 2.18 bits per heavy atom. The van der Waals surface area contributed by atoms with E-state index in [4.69, 9.17) is 4.74 Å². The molecule has 1 N–H and O–H groups in total. The van der Waals surface area contributed by atoms with Gasteiger partial charge in [-0.3, -0.25) is 4.90 Å². The number of carbonyl (C=O) groups excluding carboxylic acids is 1. The number of phenols is 1. The summed E-state index contributed by atoms with van der Waals surface area (Å²) in [5, 5.41) is 9.72. The minimum atomic E-state index is -0.263. The van der Waals surface area contributed by atoms with Gasteiger partial charge in [0.1, 0.15) is 12.4 Å². The third-order valence-electron chi connectivity index (χ3n) is 3.01. The maximum Gasteiger partial charge on any atom is 0.410 e. The van der Waals surface area contributed by atoms with Gasteiger partial charge in [-0.2, -0.15) is 0 Å². The van der Waals surface area contributed by atoms with Crippen molar-refractivity contribution in [3.8, 4) is 5.75 Å². The van der Waals surface area contributed by atoms with E-state index in [-0.39, 0.29) is 23.9 Å². The minimum absolute atomic E-state index is 0.01000. The molecule has 1 aliphatic rings. The van der Waals surface area contributed by atoms with Crippen molar-refractivity contribution < 1.29 is 14.6 Å². The molecule has 0 aromatic heterocycles. The Bertz CT molecular complexity index is 417. The smallest absolute Gasteiger partial charge is 0.410 e. The van der Waals surface area contributed by atoms with E-state index in [1.54, 1.807) is 17.0 Å². The molecule has 1 amide bonds. The zero-order valence-electron chi connectivity index (χ0n) is 10.1.